The van der Waals surface area contributed by atoms with E-state index in [1.807, 2.05) is 0 Å². The first-order chi connectivity index (χ1) is 12.4. The Morgan fingerprint density at radius 2 is 1.88 bits per heavy atom. The highest BCUT2D eigenvalue weighted by atomic mass is 32.2. The monoisotopic (exact) mass is 396 g/mol. The normalized spacial score (nSPS) is 29.9. The molecule has 2 saturated heterocycles. The van der Waals surface area contributed by atoms with E-state index in [2.05, 4.69) is 4.99 Å². The van der Waals surface area contributed by atoms with Crippen LogP contribution in [0.4, 0.5) is 10.1 Å². The van der Waals surface area contributed by atoms with Crippen LogP contribution < -0.4 is 4.90 Å². The molecule has 2 atom stereocenters. The molecular weight excluding hydrogens is 375 g/mol. The zero-order valence-corrected chi connectivity index (χ0v) is 15.9. The van der Waals surface area contributed by atoms with E-state index in [0.717, 1.165) is 32.1 Å². The van der Waals surface area contributed by atoms with E-state index < -0.39 is 15.7 Å². The van der Waals surface area contributed by atoms with Gasteiger partial charge in [-0.25, -0.2) is 12.8 Å². The number of benzene rings is 1. The average molecular weight is 397 g/mol. The van der Waals surface area contributed by atoms with Crippen LogP contribution in [0.2, 0.25) is 0 Å². The number of carbonyl (C=O) groups is 1. The Balaban J connectivity index is 1.68. The lowest BCUT2D eigenvalue weighted by molar-refractivity contribution is -0.122. The number of fused-ring (bicyclic) bond motifs is 1. The molecule has 8 heteroatoms. The molecule has 1 aliphatic carbocycles. The molecule has 1 amide bonds. The Labute approximate surface area is 157 Å². The Bertz CT molecular complexity index is 850. The fraction of sp³-hybridized carbons (Fsp3) is 0.556. The van der Waals surface area contributed by atoms with Crippen molar-refractivity contribution in [2.75, 3.05) is 16.4 Å². The van der Waals surface area contributed by atoms with Crippen LogP contribution in [0.5, 0.6) is 0 Å². The molecule has 0 N–H and O–H groups in total. The number of nitrogens with zero attached hydrogens (tertiary/aromatic N) is 2. The number of rotatable bonds is 2. The summed E-state index contributed by atoms with van der Waals surface area (Å²) < 4.78 is 38.5. The molecule has 3 fully saturated rings. The molecule has 0 aromatic heterocycles. The van der Waals surface area contributed by atoms with Gasteiger partial charge in [-0.1, -0.05) is 43.2 Å². The molecule has 26 heavy (non-hydrogen) atoms. The predicted molar refractivity (Wildman–Crippen MR) is 102 cm³/mol. The van der Waals surface area contributed by atoms with Crippen LogP contribution in [0.15, 0.2) is 29.3 Å². The Hall–Kier alpha value is -1.41. The number of hydrogen-bond donors (Lipinski definition) is 0. The molecule has 2 unspecified atom stereocenters. The summed E-state index contributed by atoms with van der Waals surface area (Å²) in [6.07, 6.45) is 4.92. The maximum atomic E-state index is 14.4. The van der Waals surface area contributed by atoms with Gasteiger partial charge in [-0.15, -0.1) is 0 Å². The quantitative estimate of drug-likeness (QED) is 0.769. The minimum atomic E-state index is -3.16. The molecule has 0 bridgehead atoms. The van der Waals surface area contributed by atoms with Gasteiger partial charge in [0.05, 0.1) is 23.2 Å². The molecule has 1 aromatic carbocycles. The lowest BCUT2D eigenvalue weighted by Crippen LogP contribution is -2.38. The molecule has 4 rings (SSSR count). The molecule has 5 nitrogen and oxygen atoms in total. The molecule has 0 spiro atoms. The summed E-state index contributed by atoms with van der Waals surface area (Å²) in [4.78, 5) is 18.6. The van der Waals surface area contributed by atoms with Crippen LogP contribution >= 0.6 is 11.8 Å². The van der Waals surface area contributed by atoms with Gasteiger partial charge in [0.15, 0.2) is 15.0 Å². The maximum absolute atomic E-state index is 14.4. The molecule has 140 valence electrons. The van der Waals surface area contributed by atoms with Gasteiger partial charge in [0, 0.05) is 11.2 Å². The van der Waals surface area contributed by atoms with Crippen molar-refractivity contribution in [1.82, 2.24) is 0 Å². The fourth-order valence-electron chi connectivity index (χ4n) is 4.03. The minimum absolute atomic E-state index is 0.0321. The van der Waals surface area contributed by atoms with Crippen molar-refractivity contribution < 1.29 is 17.6 Å². The van der Waals surface area contributed by atoms with Gasteiger partial charge in [0.2, 0.25) is 0 Å². The van der Waals surface area contributed by atoms with Gasteiger partial charge in [-0.3, -0.25) is 4.79 Å². The highest BCUT2D eigenvalue weighted by Gasteiger charge is 2.50. The summed E-state index contributed by atoms with van der Waals surface area (Å²) >= 11 is 1.30. The number of para-hydroxylation sites is 1. The highest BCUT2D eigenvalue weighted by molar-refractivity contribution is 8.16. The fourth-order valence-corrected chi connectivity index (χ4v) is 7.94. The van der Waals surface area contributed by atoms with E-state index >= 15 is 0 Å². The summed E-state index contributed by atoms with van der Waals surface area (Å²) in [5.74, 6) is -0.643. The Kier molecular flexibility index (Phi) is 4.81. The number of sulfone groups is 1. The number of aliphatic imine (C=N–C) groups is 1. The van der Waals surface area contributed by atoms with E-state index in [0.29, 0.717) is 10.9 Å². The number of hydrogen-bond acceptors (Lipinski definition) is 4. The third-order valence-electron chi connectivity index (χ3n) is 5.34. The van der Waals surface area contributed by atoms with Crippen LogP contribution in [0.3, 0.4) is 0 Å². The summed E-state index contributed by atoms with van der Waals surface area (Å²) in [6, 6.07) is 5.89. The van der Waals surface area contributed by atoms with Gasteiger partial charge in [-0.2, -0.15) is 4.99 Å². The van der Waals surface area contributed by atoms with Gasteiger partial charge < -0.3 is 4.90 Å². The number of amidine groups is 1. The number of thioether (sulfide) groups is 1. The summed E-state index contributed by atoms with van der Waals surface area (Å²) in [6.45, 7) is 0. The lowest BCUT2D eigenvalue weighted by atomic mass is 9.89. The summed E-state index contributed by atoms with van der Waals surface area (Å²) in [5, 5.41) is 0.230. The first-order valence-corrected chi connectivity index (χ1v) is 11.7. The molecule has 2 heterocycles. The third-order valence-corrected chi connectivity index (χ3v) is 8.55. The SMILES string of the molecule is O=C(N=C1SC2CS(=O)(=O)CC2N1c1ccccc1F)C1CCCCC1. The standard InChI is InChI=1S/C18H21FN2O3S2/c19-13-8-4-5-9-14(13)21-15-10-26(23,24)11-16(15)25-18(21)20-17(22)12-6-2-1-3-7-12/h4-5,8-9,12,15-16H,1-3,6-7,10-11H2. The molecule has 2 aliphatic heterocycles. The predicted octanol–water partition coefficient (Wildman–Crippen LogP) is 3.01. The van der Waals surface area contributed by atoms with Crippen molar-refractivity contribution in [2.45, 2.75) is 43.4 Å². The Morgan fingerprint density at radius 1 is 1.15 bits per heavy atom. The number of carbonyl (C=O) groups excluding carboxylic acids is 1. The second-order valence-corrected chi connectivity index (χ2v) is 10.5. The van der Waals surface area contributed by atoms with E-state index in [4.69, 9.17) is 0 Å². The van der Waals surface area contributed by atoms with Crippen molar-refractivity contribution in [2.24, 2.45) is 10.9 Å². The van der Waals surface area contributed by atoms with Crippen molar-refractivity contribution in [3.8, 4) is 0 Å². The van der Waals surface area contributed by atoms with Crippen LogP contribution in [-0.4, -0.2) is 42.3 Å². The first-order valence-electron chi connectivity index (χ1n) is 8.98. The summed E-state index contributed by atoms with van der Waals surface area (Å²) in [7, 11) is -3.16. The van der Waals surface area contributed by atoms with Crippen molar-refractivity contribution in [3.05, 3.63) is 30.1 Å². The molecule has 3 aliphatic rings. The van der Waals surface area contributed by atoms with Crippen LogP contribution in [0.25, 0.3) is 0 Å². The zero-order valence-electron chi connectivity index (χ0n) is 14.3. The number of amides is 1. The number of halogens is 1. The molecular formula is C18H21FN2O3S2. The third kappa shape index (κ3) is 3.41. The van der Waals surface area contributed by atoms with Gasteiger partial charge >= 0.3 is 0 Å². The minimum Gasteiger partial charge on any atom is -0.313 e. The van der Waals surface area contributed by atoms with Crippen molar-refractivity contribution in [3.63, 3.8) is 0 Å². The smallest absolute Gasteiger partial charge is 0.251 e. The second kappa shape index (κ2) is 6.96. The first kappa shape index (κ1) is 18.0. The van der Waals surface area contributed by atoms with Crippen molar-refractivity contribution >= 4 is 38.4 Å². The van der Waals surface area contributed by atoms with E-state index in [9.17, 15) is 17.6 Å². The van der Waals surface area contributed by atoms with Crippen LogP contribution in [0, 0.1) is 11.7 Å². The van der Waals surface area contributed by atoms with Gasteiger partial charge in [0.25, 0.3) is 5.91 Å². The van der Waals surface area contributed by atoms with E-state index in [-0.39, 0.29) is 34.6 Å². The van der Waals surface area contributed by atoms with Gasteiger partial charge in [-0.05, 0) is 25.0 Å². The Morgan fingerprint density at radius 3 is 2.62 bits per heavy atom. The molecule has 1 aromatic rings. The van der Waals surface area contributed by atoms with Crippen LogP contribution in [-0.2, 0) is 14.6 Å². The van der Waals surface area contributed by atoms with Crippen LogP contribution in [0.1, 0.15) is 32.1 Å². The van der Waals surface area contributed by atoms with E-state index in [1.165, 1.54) is 17.8 Å². The van der Waals surface area contributed by atoms with E-state index in [1.54, 1.807) is 23.1 Å². The van der Waals surface area contributed by atoms with Crippen molar-refractivity contribution in [1.29, 1.82) is 0 Å². The topological polar surface area (TPSA) is 66.8 Å². The molecule has 1 saturated carbocycles. The van der Waals surface area contributed by atoms with Gasteiger partial charge in [0.1, 0.15) is 5.82 Å². The zero-order chi connectivity index (χ0) is 18.3. The largest absolute Gasteiger partial charge is 0.313 e. The number of anilines is 1. The second-order valence-electron chi connectivity index (χ2n) is 7.19. The highest BCUT2D eigenvalue weighted by Crippen LogP contribution is 2.42. The average Bonchev–Trinajstić information content (AvgIpc) is 3.07. The maximum Gasteiger partial charge on any atom is 0.251 e. The summed E-state index contributed by atoms with van der Waals surface area (Å²) in [5.41, 5.74) is 0.291. The lowest BCUT2D eigenvalue weighted by Gasteiger charge is -2.25. The molecule has 0 radical (unpaired) electrons.